The molecule has 7 aromatic carbocycles. The van der Waals surface area contributed by atoms with Crippen LogP contribution >= 0.6 is 0 Å². The molecule has 0 bridgehead atoms. The molecule has 2 unspecified atom stereocenters. The van der Waals surface area contributed by atoms with Crippen LogP contribution in [0.15, 0.2) is 199 Å². The fourth-order valence-corrected chi connectivity index (χ4v) is 7.78. The van der Waals surface area contributed by atoms with Gasteiger partial charge in [-0.05, 0) is 73.0 Å². The number of carbonyl (C=O) groups is 1. The van der Waals surface area contributed by atoms with Crippen LogP contribution in [0.5, 0.6) is 0 Å². The first-order chi connectivity index (χ1) is 28.1. The van der Waals surface area contributed by atoms with Gasteiger partial charge in [-0.2, -0.15) is 0 Å². The Morgan fingerprint density at radius 1 is 0.586 bits per heavy atom. The number of benzene rings is 7. The zero-order valence-corrected chi connectivity index (χ0v) is 33.6. The molecule has 0 fully saturated rings. The summed E-state index contributed by atoms with van der Waals surface area (Å²) in [6.45, 7) is 0. The van der Waals surface area contributed by atoms with Crippen molar-refractivity contribution in [1.82, 2.24) is 9.97 Å². The fourth-order valence-electron chi connectivity index (χ4n) is 7.78. The van der Waals surface area contributed by atoms with Crippen LogP contribution in [-0.4, -0.2) is 32.8 Å². The topological polar surface area (TPSA) is 75.4 Å². The number of allylic oxidation sites excluding steroid dienone is 2. The molecule has 1 radical (unpaired) electrons. The van der Waals surface area contributed by atoms with E-state index >= 15 is 0 Å². The van der Waals surface area contributed by atoms with E-state index in [-0.39, 0.29) is 31.8 Å². The van der Waals surface area contributed by atoms with Crippen LogP contribution in [0.3, 0.4) is 0 Å². The van der Waals surface area contributed by atoms with Gasteiger partial charge in [-0.15, -0.1) is 71.8 Å². The van der Waals surface area contributed by atoms with Crippen LogP contribution in [0.1, 0.15) is 33.1 Å². The molecule has 2 aliphatic rings. The first-order valence-electron chi connectivity index (χ1n) is 18.9. The third-order valence-electron chi connectivity index (χ3n) is 10.3. The third kappa shape index (κ3) is 7.51. The predicted molar refractivity (Wildman–Crippen MR) is 232 cm³/mol. The van der Waals surface area contributed by atoms with E-state index in [0.29, 0.717) is 5.92 Å². The molecular weight excluding hydrogens is 891 g/mol. The van der Waals surface area contributed by atoms with E-state index in [0.717, 1.165) is 28.0 Å². The number of carboxylic acids is 1. The summed E-state index contributed by atoms with van der Waals surface area (Å²) >= 11 is 0. The van der Waals surface area contributed by atoms with Crippen molar-refractivity contribution in [1.29, 1.82) is 0 Å². The van der Waals surface area contributed by atoms with E-state index in [1.807, 2.05) is 36.4 Å². The molecule has 281 valence electrons. The number of aliphatic imine (C=N–C) groups is 1. The SMILES string of the molecule is O=C(O)c1ccccn1.[Ir].[c-]1ccccc1-c1nc2ccccc2c2c1ccc1ccccc12.[c-]1ccccc1C1=NC2C=CC=CC2c2c1ccc1ccccc21. The Balaban J connectivity index is 0.000000132. The van der Waals surface area contributed by atoms with Gasteiger partial charge in [0.05, 0.1) is 11.6 Å². The molecule has 0 amide bonds. The smallest absolute Gasteiger partial charge is 0.354 e. The van der Waals surface area contributed by atoms with Crippen LogP contribution in [-0.2, 0) is 20.1 Å². The Kier molecular flexibility index (Phi) is 11.2. The van der Waals surface area contributed by atoms with Crippen LogP contribution in [0.4, 0.5) is 0 Å². The number of rotatable bonds is 3. The number of pyridine rings is 2. The van der Waals surface area contributed by atoms with E-state index in [1.54, 1.807) is 12.1 Å². The Morgan fingerprint density at radius 3 is 1.93 bits per heavy atom. The van der Waals surface area contributed by atoms with Crippen LogP contribution < -0.4 is 0 Å². The number of fused-ring (bicyclic) bond motifs is 10. The van der Waals surface area contributed by atoms with Crippen molar-refractivity contribution in [3.63, 3.8) is 0 Å². The summed E-state index contributed by atoms with van der Waals surface area (Å²) < 4.78 is 0. The van der Waals surface area contributed by atoms with Crippen LogP contribution in [0, 0.1) is 12.1 Å². The largest absolute Gasteiger partial charge is 0.477 e. The molecule has 2 atom stereocenters. The van der Waals surface area contributed by atoms with Gasteiger partial charge in [0.2, 0.25) is 0 Å². The number of nitrogens with zero attached hydrogens (tertiary/aromatic N) is 3. The van der Waals surface area contributed by atoms with Crippen molar-refractivity contribution in [3.05, 3.63) is 229 Å². The number of aromatic nitrogens is 2. The maximum atomic E-state index is 10.1. The second kappa shape index (κ2) is 17.1. The molecule has 1 N–H and O–H groups in total. The van der Waals surface area contributed by atoms with E-state index in [1.165, 1.54) is 61.1 Å². The molecule has 0 spiro atoms. The zero-order chi connectivity index (χ0) is 38.6. The summed E-state index contributed by atoms with van der Waals surface area (Å²) in [6, 6.07) is 62.1. The van der Waals surface area contributed by atoms with E-state index in [4.69, 9.17) is 15.1 Å². The summed E-state index contributed by atoms with van der Waals surface area (Å²) in [6.07, 6.45) is 10.2. The average molecular weight is 926 g/mol. The van der Waals surface area contributed by atoms with Gasteiger partial charge in [-0.25, -0.2) is 9.78 Å². The number of hydrogen-bond acceptors (Lipinski definition) is 4. The third-order valence-corrected chi connectivity index (χ3v) is 10.3. The normalized spacial score (nSPS) is 14.9. The molecule has 1 aliphatic carbocycles. The van der Waals surface area contributed by atoms with Gasteiger partial charge in [-0.3, -0.25) is 4.98 Å². The average Bonchev–Trinajstić information content (AvgIpc) is 3.29. The quantitative estimate of drug-likeness (QED) is 0.141. The van der Waals surface area contributed by atoms with Crippen molar-refractivity contribution < 1.29 is 30.0 Å². The molecule has 1 aliphatic heterocycles. The van der Waals surface area contributed by atoms with Gasteiger partial charge in [-0.1, -0.05) is 121 Å². The second-order valence-corrected chi connectivity index (χ2v) is 13.8. The van der Waals surface area contributed by atoms with Crippen molar-refractivity contribution in [3.8, 4) is 11.3 Å². The summed E-state index contributed by atoms with van der Waals surface area (Å²) in [7, 11) is 0. The van der Waals surface area contributed by atoms with Crippen molar-refractivity contribution in [2.24, 2.45) is 4.99 Å². The summed E-state index contributed by atoms with van der Waals surface area (Å²) in [5.41, 5.74) is 7.87. The summed E-state index contributed by atoms with van der Waals surface area (Å²) in [5.74, 6) is -0.681. The zero-order valence-electron chi connectivity index (χ0n) is 31.2. The number of para-hydroxylation sites is 1. The minimum atomic E-state index is -0.990. The molecule has 0 saturated heterocycles. The molecule has 6 heteroatoms. The first-order valence-corrected chi connectivity index (χ1v) is 18.9. The van der Waals surface area contributed by atoms with Gasteiger partial charge in [0.1, 0.15) is 5.69 Å². The minimum absolute atomic E-state index is 0. The number of hydrogen-bond donors (Lipinski definition) is 1. The molecule has 58 heavy (non-hydrogen) atoms. The van der Waals surface area contributed by atoms with Crippen molar-refractivity contribution in [2.45, 2.75) is 12.0 Å². The Labute approximate surface area is 350 Å². The van der Waals surface area contributed by atoms with E-state index in [2.05, 4.69) is 151 Å². The van der Waals surface area contributed by atoms with Gasteiger partial charge < -0.3 is 10.1 Å². The Hall–Kier alpha value is -6.85. The molecule has 5 nitrogen and oxygen atoms in total. The minimum Gasteiger partial charge on any atom is -0.477 e. The summed E-state index contributed by atoms with van der Waals surface area (Å²) in [4.78, 5) is 23.7. The van der Waals surface area contributed by atoms with Gasteiger partial charge in [0.25, 0.3) is 0 Å². The van der Waals surface area contributed by atoms with E-state index < -0.39 is 5.97 Å². The molecular formula is C52H35IrN3O2-2. The molecule has 0 saturated carbocycles. The molecule has 3 heterocycles. The molecule has 9 aromatic rings. The second-order valence-electron chi connectivity index (χ2n) is 13.8. The summed E-state index contributed by atoms with van der Waals surface area (Å²) in [5, 5.41) is 17.1. The number of aromatic carboxylic acids is 1. The standard InChI is InChI=1S/C23H16N.C23H14N.C6H5NO2.Ir/c2*1-2-9-17(10-3-1)23-20-15-14-16-8-4-5-11-18(16)22(20)19-12-6-7-13-21(19)24-23;8-6(9)5-3-1-2-4-7-5;/h1-9,11-15,19,21H;1-9,11-15H;1-4H,(H,8,9);/q2*-1;;. The monoisotopic (exact) mass is 926 g/mol. The van der Waals surface area contributed by atoms with Crippen LogP contribution in [0.2, 0.25) is 0 Å². The van der Waals surface area contributed by atoms with E-state index in [9.17, 15) is 4.79 Å². The van der Waals surface area contributed by atoms with Gasteiger partial charge >= 0.3 is 5.97 Å². The predicted octanol–water partition coefficient (Wildman–Crippen LogP) is 11.9. The van der Waals surface area contributed by atoms with Crippen molar-refractivity contribution >= 4 is 54.9 Å². The molecule has 11 rings (SSSR count). The Bertz CT molecular complexity index is 2980. The maximum Gasteiger partial charge on any atom is 0.354 e. The fraction of sp³-hybridized carbons (Fsp3) is 0.0385. The van der Waals surface area contributed by atoms with Gasteiger partial charge in [0, 0.05) is 37.6 Å². The first kappa shape index (κ1) is 38.0. The van der Waals surface area contributed by atoms with Crippen LogP contribution in [0.25, 0.3) is 54.5 Å². The van der Waals surface area contributed by atoms with Gasteiger partial charge in [0.15, 0.2) is 0 Å². The number of carboxylic acid groups (broad SMARTS) is 1. The van der Waals surface area contributed by atoms with Crippen molar-refractivity contribution in [2.75, 3.05) is 0 Å². The maximum absolute atomic E-state index is 10.1. The molecule has 2 aromatic heterocycles. The Morgan fingerprint density at radius 2 is 1.22 bits per heavy atom.